The fourth-order valence-corrected chi connectivity index (χ4v) is 2.61. The second-order valence-corrected chi connectivity index (χ2v) is 5.51. The van der Waals surface area contributed by atoms with Crippen LogP contribution in [0.1, 0.15) is 0 Å². The van der Waals surface area contributed by atoms with Gasteiger partial charge < -0.3 is 19.9 Å². The first-order valence-electron chi connectivity index (χ1n) is 7.94. The number of benzene rings is 1. The van der Waals surface area contributed by atoms with Crippen molar-refractivity contribution in [1.29, 1.82) is 0 Å². The van der Waals surface area contributed by atoms with Crippen LogP contribution >= 0.6 is 0 Å². The van der Waals surface area contributed by atoms with Crippen molar-refractivity contribution in [3.8, 4) is 0 Å². The van der Waals surface area contributed by atoms with E-state index in [4.69, 9.17) is 4.74 Å². The first-order chi connectivity index (χ1) is 11.8. The van der Waals surface area contributed by atoms with Gasteiger partial charge in [-0.1, -0.05) is 0 Å². The summed E-state index contributed by atoms with van der Waals surface area (Å²) in [6.07, 6.45) is 1.61. The molecule has 0 atom stereocenters. The summed E-state index contributed by atoms with van der Waals surface area (Å²) < 4.78 is 18.0. The molecule has 7 nitrogen and oxygen atoms in total. The van der Waals surface area contributed by atoms with Crippen LogP contribution in [0.3, 0.4) is 0 Å². The van der Waals surface area contributed by atoms with Gasteiger partial charge in [0.1, 0.15) is 5.82 Å². The van der Waals surface area contributed by atoms with Crippen LogP contribution in [-0.2, 0) is 4.74 Å². The van der Waals surface area contributed by atoms with E-state index in [1.807, 2.05) is 12.1 Å². The van der Waals surface area contributed by atoms with E-state index in [2.05, 4.69) is 30.3 Å². The molecular weight excluding hydrogens is 311 g/mol. The van der Waals surface area contributed by atoms with E-state index in [9.17, 15) is 4.39 Å². The number of aromatic nitrogens is 3. The SMILES string of the molecule is COCCNc1cnnc(N2CCN(c3ccc(F)cc3)CC2)n1. The molecule has 0 aliphatic carbocycles. The molecule has 24 heavy (non-hydrogen) atoms. The predicted molar refractivity (Wildman–Crippen MR) is 91.0 cm³/mol. The first kappa shape index (κ1) is 16.4. The second kappa shape index (κ2) is 7.87. The largest absolute Gasteiger partial charge is 0.383 e. The molecule has 1 saturated heterocycles. The summed E-state index contributed by atoms with van der Waals surface area (Å²) in [5.41, 5.74) is 1.03. The van der Waals surface area contributed by atoms with E-state index in [0.29, 0.717) is 24.9 Å². The number of piperazine rings is 1. The van der Waals surface area contributed by atoms with Gasteiger partial charge >= 0.3 is 0 Å². The van der Waals surface area contributed by atoms with Gasteiger partial charge in [-0.2, -0.15) is 10.1 Å². The summed E-state index contributed by atoms with van der Waals surface area (Å²) >= 11 is 0. The lowest BCUT2D eigenvalue weighted by atomic mass is 10.2. The number of methoxy groups -OCH3 is 1. The quantitative estimate of drug-likeness (QED) is 0.802. The molecule has 1 aliphatic heterocycles. The van der Waals surface area contributed by atoms with Crippen LogP contribution in [0, 0.1) is 5.82 Å². The molecule has 0 unspecified atom stereocenters. The number of halogens is 1. The van der Waals surface area contributed by atoms with Crippen molar-refractivity contribution in [2.75, 3.05) is 61.6 Å². The van der Waals surface area contributed by atoms with Gasteiger partial charge in [0.25, 0.3) is 0 Å². The molecule has 1 aliphatic rings. The number of nitrogens with one attached hydrogen (secondary N) is 1. The van der Waals surface area contributed by atoms with Crippen LogP contribution in [0.2, 0.25) is 0 Å². The Bertz CT molecular complexity index is 645. The maximum atomic E-state index is 13.0. The van der Waals surface area contributed by atoms with Gasteiger partial charge in [-0.15, -0.1) is 5.10 Å². The van der Waals surface area contributed by atoms with Crippen molar-refractivity contribution in [3.05, 3.63) is 36.3 Å². The molecule has 1 fully saturated rings. The number of ether oxygens (including phenoxy) is 1. The standard InChI is InChI=1S/C16H21FN6O/c1-24-11-6-18-15-12-19-21-16(20-15)23-9-7-22(8-10-23)14-4-2-13(17)3-5-14/h2-5,12H,6-11H2,1H3,(H,18,20,21). The zero-order valence-electron chi connectivity index (χ0n) is 13.7. The maximum absolute atomic E-state index is 13.0. The summed E-state index contributed by atoms with van der Waals surface area (Å²) in [4.78, 5) is 8.83. The first-order valence-corrected chi connectivity index (χ1v) is 7.94. The Morgan fingerprint density at radius 2 is 1.83 bits per heavy atom. The number of anilines is 3. The van der Waals surface area contributed by atoms with Crippen molar-refractivity contribution in [1.82, 2.24) is 15.2 Å². The van der Waals surface area contributed by atoms with E-state index >= 15 is 0 Å². The molecule has 0 radical (unpaired) electrons. The minimum Gasteiger partial charge on any atom is -0.383 e. The lowest BCUT2D eigenvalue weighted by Gasteiger charge is -2.35. The van der Waals surface area contributed by atoms with E-state index in [1.165, 1.54) is 12.1 Å². The molecule has 0 saturated carbocycles. The van der Waals surface area contributed by atoms with Gasteiger partial charge in [-0.25, -0.2) is 4.39 Å². The highest BCUT2D eigenvalue weighted by Crippen LogP contribution is 2.19. The zero-order valence-corrected chi connectivity index (χ0v) is 13.7. The minimum atomic E-state index is -0.213. The van der Waals surface area contributed by atoms with Gasteiger partial charge in [0.15, 0.2) is 5.82 Å². The van der Waals surface area contributed by atoms with Gasteiger partial charge in [0, 0.05) is 45.5 Å². The summed E-state index contributed by atoms with van der Waals surface area (Å²) in [6, 6.07) is 6.60. The third-order valence-corrected chi connectivity index (χ3v) is 3.91. The van der Waals surface area contributed by atoms with Crippen LogP contribution < -0.4 is 15.1 Å². The average Bonchev–Trinajstić information content (AvgIpc) is 2.63. The Morgan fingerprint density at radius 3 is 2.54 bits per heavy atom. The third kappa shape index (κ3) is 4.08. The highest BCUT2D eigenvalue weighted by Gasteiger charge is 2.19. The highest BCUT2D eigenvalue weighted by molar-refractivity contribution is 5.48. The molecule has 128 valence electrons. The fourth-order valence-electron chi connectivity index (χ4n) is 2.61. The third-order valence-electron chi connectivity index (χ3n) is 3.91. The average molecular weight is 332 g/mol. The molecule has 0 spiro atoms. The Morgan fingerprint density at radius 1 is 1.12 bits per heavy atom. The monoisotopic (exact) mass is 332 g/mol. The highest BCUT2D eigenvalue weighted by atomic mass is 19.1. The molecule has 8 heteroatoms. The second-order valence-electron chi connectivity index (χ2n) is 5.51. The normalized spacial score (nSPS) is 14.8. The maximum Gasteiger partial charge on any atom is 0.247 e. The molecule has 1 aromatic heterocycles. The topological polar surface area (TPSA) is 66.4 Å². The lowest BCUT2D eigenvalue weighted by Crippen LogP contribution is -2.47. The van der Waals surface area contributed by atoms with Gasteiger partial charge in [0.05, 0.1) is 12.8 Å². The van der Waals surface area contributed by atoms with Crippen LogP contribution in [0.25, 0.3) is 0 Å². The number of rotatable bonds is 6. The number of hydrogen-bond donors (Lipinski definition) is 1. The molecule has 2 aromatic rings. The van der Waals surface area contributed by atoms with Crippen LogP contribution in [0.4, 0.5) is 21.8 Å². The Labute approximate surface area is 140 Å². The summed E-state index contributed by atoms with van der Waals surface area (Å²) in [7, 11) is 1.66. The molecule has 3 rings (SSSR count). The van der Waals surface area contributed by atoms with Crippen LogP contribution in [-0.4, -0.2) is 61.6 Å². The molecule has 0 amide bonds. The molecule has 1 aromatic carbocycles. The number of hydrogen-bond acceptors (Lipinski definition) is 7. The Balaban J connectivity index is 1.58. The van der Waals surface area contributed by atoms with Crippen LogP contribution in [0.5, 0.6) is 0 Å². The van der Waals surface area contributed by atoms with Gasteiger partial charge in [0.2, 0.25) is 5.95 Å². The van der Waals surface area contributed by atoms with E-state index in [1.54, 1.807) is 13.3 Å². The number of nitrogens with zero attached hydrogens (tertiary/aromatic N) is 5. The lowest BCUT2D eigenvalue weighted by molar-refractivity contribution is 0.210. The molecule has 2 heterocycles. The van der Waals surface area contributed by atoms with E-state index in [-0.39, 0.29) is 5.82 Å². The van der Waals surface area contributed by atoms with Gasteiger partial charge in [-0.05, 0) is 24.3 Å². The van der Waals surface area contributed by atoms with Crippen LogP contribution in [0.15, 0.2) is 30.5 Å². The molecular formula is C16H21FN6O. The smallest absolute Gasteiger partial charge is 0.247 e. The molecule has 1 N–H and O–H groups in total. The van der Waals surface area contributed by atoms with Crippen molar-refractivity contribution < 1.29 is 9.13 Å². The van der Waals surface area contributed by atoms with Crippen molar-refractivity contribution >= 4 is 17.5 Å². The Hall–Kier alpha value is -2.48. The predicted octanol–water partition coefficient (Wildman–Crippen LogP) is 1.40. The summed E-state index contributed by atoms with van der Waals surface area (Å²) in [5.74, 6) is 1.10. The van der Waals surface area contributed by atoms with Gasteiger partial charge in [-0.3, -0.25) is 0 Å². The molecule has 0 bridgehead atoms. The van der Waals surface area contributed by atoms with E-state index in [0.717, 1.165) is 31.9 Å². The van der Waals surface area contributed by atoms with E-state index < -0.39 is 0 Å². The summed E-state index contributed by atoms with van der Waals surface area (Å²) in [5, 5.41) is 11.3. The summed E-state index contributed by atoms with van der Waals surface area (Å²) in [6.45, 7) is 4.52. The Kier molecular flexibility index (Phi) is 5.37. The van der Waals surface area contributed by atoms with Crippen molar-refractivity contribution in [2.24, 2.45) is 0 Å². The zero-order chi connectivity index (χ0) is 16.8. The minimum absolute atomic E-state index is 0.213. The van der Waals surface area contributed by atoms with Crippen molar-refractivity contribution in [3.63, 3.8) is 0 Å². The van der Waals surface area contributed by atoms with Crippen molar-refractivity contribution in [2.45, 2.75) is 0 Å². The fraction of sp³-hybridized carbons (Fsp3) is 0.438.